The molecule has 6 heteroatoms. The van der Waals surface area contributed by atoms with E-state index < -0.39 is 5.69 Å². The zero-order valence-corrected chi connectivity index (χ0v) is 12.9. The highest BCUT2D eigenvalue weighted by molar-refractivity contribution is 5.75. The van der Waals surface area contributed by atoms with Crippen molar-refractivity contribution in [2.24, 2.45) is 12.9 Å². The van der Waals surface area contributed by atoms with Gasteiger partial charge in [0.05, 0.1) is 0 Å². The fourth-order valence-corrected chi connectivity index (χ4v) is 2.25. The third kappa shape index (κ3) is 2.84. The van der Waals surface area contributed by atoms with Gasteiger partial charge in [0, 0.05) is 12.6 Å². The molecule has 2 aliphatic carbocycles. The van der Waals surface area contributed by atoms with Crippen LogP contribution >= 0.6 is 0 Å². The van der Waals surface area contributed by atoms with Crippen molar-refractivity contribution in [3.05, 3.63) is 64.6 Å². The number of nitrogens with zero attached hydrogens (tertiary/aromatic N) is 3. The summed E-state index contributed by atoms with van der Waals surface area (Å²) in [6.45, 7) is 1.96. The van der Waals surface area contributed by atoms with E-state index in [4.69, 9.17) is 5.84 Å². The summed E-state index contributed by atoms with van der Waals surface area (Å²) in [5.41, 5.74) is 6.66. The van der Waals surface area contributed by atoms with Gasteiger partial charge in [-0.2, -0.15) is 9.97 Å². The van der Waals surface area contributed by atoms with E-state index in [2.05, 4.69) is 39.7 Å². The number of hydrazine groups is 1. The first-order valence-electron chi connectivity index (χ1n) is 7.18. The summed E-state index contributed by atoms with van der Waals surface area (Å²) in [7, 11) is 1.63. The normalized spacial score (nSPS) is 10.6. The topological polar surface area (TPSA) is 85.8 Å². The molecule has 1 aromatic carbocycles. The zero-order valence-electron chi connectivity index (χ0n) is 12.9. The van der Waals surface area contributed by atoms with Crippen molar-refractivity contribution in [3.8, 4) is 22.5 Å². The minimum absolute atomic E-state index is 0.117. The molecule has 0 amide bonds. The molecule has 0 fully saturated rings. The van der Waals surface area contributed by atoms with Gasteiger partial charge in [0.2, 0.25) is 5.95 Å². The molecular weight excluding hydrogens is 290 g/mol. The fourth-order valence-electron chi connectivity index (χ4n) is 2.25. The molecule has 0 aliphatic heterocycles. The maximum atomic E-state index is 11.6. The number of fused-ring (bicyclic) bond motifs is 1. The summed E-state index contributed by atoms with van der Waals surface area (Å²) >= 11 is 0. The second-order valence-electron chi connectivity index (χ2n) is 5.25. The standard InChI is InChI=1S/C11H13N5O.C6H4/c1-7-5-3-4-6-8(7)9-13-10(15-12)14-11(17)16(9)2;1-2-6-4-3-5(1)6/h3-6H,12H2,1-2H3,(H,14,15,17);1-4H. The lowest BCUT2D eigenvalue weighted by atomic mass is 9.95. The molecule has 0 spiro atoms. The number of rotatable bonds is 2. The van der Waals surface area contributed by atoms with Crippen LogP contribution in [0.1, 0.15) is 5.56 Å². The average molecular weight is 307 g/mol. The van der Waals surface area contributed by atoms with Crippen molar-refractivity contribution in [2.45, 2.75) is 6.92 Å². The van der Waals surface area contributed by atoms with E-state index in [1.54, 1.807) is 7.05 Å². The fraction of sp³-hybridized carbons (Fsp3) is 0.118. The van der Waals surface area contributed by atoms with Gasteiger partial charge in [-0.15, -0.1) is 0 Å². The van der Waals surface area contributed by atoms with Crippen LogP contribution in [-0.4, -0.2) is 14.5 Å². The lowest BCUT2D eigenvalue weighted by molar-refractivity contribution is 0.784. The van der Waals surface area contributed by atoms with Crippen LogP contribution < -0.4 is 17.0 Å². The van der Waals surface area contributed by atoms with Crippen molar-refractivity contribution >= 4 is 5.95 Å². The quantitative estimate of drug-likeness (QED) is 0.437. The van der Waals surface area contributed by atoms with Crippen LogP contribution in [0.2, 0.25) is 0 Å². The summed E-state index contributed by atoms with van der Waals surface area (Å²) in [4.78, 5) is 19.5. The molecule has 2 aliphatic rings. The number of nitrogen functional groups attached to an aromatic ring is 1. The monoisotopic (exact) mass is 307 g/mol. The van der Waals surface area contributed by atoms with E-state index in [1.807, 2.05) is 31.2 Å². The van der Waals surface area contributed by atoms with E-state index in [1.165, 1.54) is 15.7 Å². The highest BCUT2D eigenvalue weighted by Gasteiger charge is 2.10. The molecule has 1 aromatic heterocycles. The largest absolute Gasteiger partial charge is 0.352 e. The van der Waals surface area contributed by atoms with E-state index in [9.17, 15) is 4.79 Å². The molecule has 0 atom stereocenters. The molecule has 0 unspecified atom stereocenters. The summed E-state index contributed by atoms with van der Waals surface area (Å²) < 4.78 is 1.39. The predicted octanol–water partition coefficient (Wildman–Crippen LogP) is 2.10. The van der Waals surface area contributed by atoms with E-state index in [0.29, 0.717) is 5.82 Å². The van der Waals surface area contributed by atoms with Gasteiger partial charge in [-0.3, -0.25) is 9.99 Å². The number of anilines is 1. The van der Waals surface area contributed by atoms with Crippen LogP contribution in [0.5, 0.6) is 0 Å². The number of nitrogens with one attached hydrogen (secondary N) is 1. The van der Waals surface area contributed by atoms with Crippen molar-refractivity contribution in [2.75, 3.05) is 5.43 Å². The summed E-state index contributed by atoms with van der Waals surface area (Å²) in [5, 5.41) is 0. The van der Waals surface area contributed by atoms with Crippen LogP contribution in [0, 0.1) is 6.92 Å². The van der Waals surface area contributed by atoms with Crippen molar-refractivity contribution in [1.82, 2.24) is 14.5 Å². The van der Waals surface area contributed by atoms with E-state index in [0.717, 1.165) is 11.1 Å². The molecule has 4 rings (SSSR count). The van der Waals surface area contributed by atoms with Crippen molar-refractivity contribution in [3.63, 3.8) is 0 Å². The van der Waals surface area contributed by atoms with Gasteiger partial charge in [0.1, 0.15) is 5.82 Å². The first-order chi connectivity index (χ1) is 11.1. The van der Waals surface area contributed by atoms with Gasteiger partial charge in [-0.25, -0.2) is 10.6 Å². The summed E-state index contributed by atoms with van der Waals surface area (Å²) in [5.74, 6) is 5.89. The molecule has 3 N–H and O–H groups in total. The maximum absolute atomic E-state index is 11.6. The van der Waals surface area contributed by atoms with Gasteiger partial charge in [-0.1, -0.05) is 48.5 Å². The molecule has 0 bridgehead atoms. The van der Waals surface area contributed by atoms with Gasteiger partial charge in [0.15, 0.2) is 0 Å². The Labute approximate surface area is 133 Å². The third-order valence-corrected chi connectivity index (χ3v) is 3.75. The van der Waals surface area contributed by atoms with Gasteiger partial charge in [-0.05, 0) is 23.6 Å². The number of hydrogen-bond acceptors (Lipinski definition) is 5. The summed E-state index contributed by atoms with van der Waals surface area (Å²) in [6.07, 6.45) is 0. The molecule has 1 heterocycles. The molecule has 0 saturated heterocycles. The Morgan fingerprint density at radius 2 is 1.61 bits per heavy atom. The van der Waals surface area contributed by atoms with E-state index in [-0.39, 0.29) is 5.95 Å². The number of hydrogen-bond donors (Lipinski definition) is 2. The Bertz CT molecular complexity index is 879. The Morgan fingerprint density at radius 3 is 2.09 bits per heavy atom. The van der Waals surface area contributed by atoms with E-state index >= 15 is 0 Å². The van der Waals surface area contributed by atoms with Gasteiger partial charge in [0.25, 0.3) is 0 Å². The zero-order chi connectivity index (χ0) is 16.4. The lowest BCUT2D eigenvalue weighted by Gasteiger charge is -2.10. The lowest BCUT2D eigenvalue weighted by Crippen LogP contribution is -2.26. The second kappa shape index (κ2) is 6.02. The highest BCUT2D eigenvalue weighted by atomic mass is 16.1. The number of aryl methyl sites for hydroxylation is 1. The Kier molecular flexibility index (Phi) is 3.91. The molecule has 0 saturated carbocycles. The molecule has 116 valence electrons. The Hall–Kier alpha value is -2.99. The van der Waals surface area contributed by atoms with Crippen LogP contribution in [0.3, 0.4) is 0 Å². The first-order valence-corrected chi connectivity index (χ1v) is 7.18. The Balaban J connectivity index is 0.000000213. The second-order valence-corrected chi connectivity index (χ2v) is 5.25. The molecular formula is C17H17N5O. The minimum atomic E-state index is -0.397. The number of benzene rings is 2. The van der Waals surface area contributed by atoms with Gasteiger partial charge >= 0.3 is 5.69 Å². The smallest absolute Gasteiger partial charge is 0.292 e. The minimum Gasteiger partial charge on any atom is -0.292 e. The van der Waals surface area contributed by atoms with Gasteiger partial charge < -0.3 is 0 Å². The van der Waals surface area contributed by atoms with Crippen molar-refractivity contribution < 1.29 is 0 Å². The van der Waals surface area contributed by atoms with Crippen LogP contribution in [0.15, 0.2) is 53.3 Å². The van der Waals surface area contributed by atoms with Crippen LogP contribution in [0.25, 0.3) is 22.5 Å². The van der Waals surface area contributed by atoms with Crippen LogP contribution in [-0.2, 0) is 7.05 Å². The third-order valence-electron chi connectivity index (χ3n) is 3.75. The Morgan fingerprint density at radius 1 is 1.00 bits per heavy atom. The average Bonchev–Trinajstić information content (AvgIpc) is 2.54. The number of nitrogens with two attached hydrogens (primary N) is 1. The summed E-state index contributed by atoms with van der Waals surface area (Å²) in [6, 6.07) is 16.2. The first kappa shape index (κ1) is 14.9. The maximum Gasteiger partial charge on any atom is 0.352 e. The molecule has 6 nitrogen and oxygen atoms in total. The molecule has 2 aromatic rings. The molecule has 0 radical (unpaired) electrons. The predicted molar refractivity (Wildman–Crippen MR) is 90.7 cm³/mol. The SMILES string of the molecule is Cc1ccccc1-c1nc(NN)nc(=O)n1C.c1cc2ccc1-2. The number of aromatic nitrogens is 3. The van der Waals surface area contributed by atoms with Crippen molar-refractivity contribution in [1.29, 1.82) is 0 Å². The highest BCUT2D eigenvalue weighted by Crippen LogP contribution is 2.29. The van der Waals surface area contributed by atoms with Crippen LogP contribution in [0.4, 0.5) is 5.95 Å². The molecule has 23 heavy (non-hydrogen) atoms.